The first kappa shape index (κ1) is 15.2. The lowest BCUT2D eigenvalue weighted by Gasteiger charge is -2.23. The molecule has 2 aromatic heterocycles. The maximum Gasteiger partial charge on any atom is 0.245 e. The van der Waals surface area contributed by atoms with E-state index in [-0.39, 0.29) is 11.9 Å². The second-order valence-corrected chi connectivity index (χ2v) is 5.81. The van der Waals surface area contributed by atoms with E-state index in [1.807, 2.05) is 62.0 Å². The smallest absolute Gasteiger partial charge is 0.245 e. The number of likely N-dealkylation sites (N-methyl/N-ethyl adjacent to an activating group) is 1. The Balaban J connectivity index is 1.80. The topological polar surface area (TPSA) is 51.0 Å². The number of carbonyl (C=O) groups is 1. The molecule has 0 bridgehead atoms. The van der Waals surface area contributed by atoms with Gasteiger partial charge < -0.3 is 9.47 Å². The van der Waals surface area contributed by atoms with Gasteiger partial charge in [0.2, 0.25) is 5.91 Å². The summed E-state index contributed by atoms with van der Waals surface area (Å²) in [6, 6.07) is 9.50. The highest BCUT2D eigenvalue weighted by Gasteiger charge is 2.21. The van der Waals surface area contributed by atoms with Gasteiger partial charge in [-0.1, -0.05) is 12.1 Å². The number of aromatic nitrogens is 3. The quantitative estimate of drug-likeness (QED) is 0.744. The van der Waals surface area contributed by atoms with Crippen LogP contribution in [0.2, 0.25) is 0 Å². The molecule has 118 valence electrons. The second-order valence-electron chi connectivity index (χ2n) is 5.81. The van der Waals surface area contributed by atoms with Crippen LogP contribution in [0.5, 0.6) is 0 Å². The molecule has 0 N–H and O–H groups in total. The molecule has 23 heavy (non-hydrogen) atoms. The summed E-state index contributed by atoms with van der Waals surface area (Å²) in [7, 11) is 1.83. The summed E-state index contributed by atoms with van der Waals surface area (Å²) in [5, 5.41) is 0. The van der Waals surface area contributed by atoms with Gasteiger partial charge in [-0.2, -0.15) is 0 Å². The molecule has 2 heterocycles. The Kier molecular flexibility index (Phi) is 4.10. The van der Waals surface area contributed by atoms with Crippen molar-refractivity contribution in [2.75, 3.05) is 7.05 Å². The van der Waals surface area contributed by atoms with Crippen molar-refractivity contribution in [2.45, 2.75) is 26.4 Å². The SMILES string of the molecule is Cc1cnccc1CN(C)C(=O)[C@@H](C)n1cnc2ccccc21. The van der Waals surface area contributed by atoms with Crippen molar-refractivity contribution < 1.29 is 4.79 Å². The van der Waals surface area contributed by atoms with Crippen LogP contribution in [0.1, 0.15) is 24.1 Å². The zero-order valence-electron chi connectivity index (χ0n) is 13.6. The van der Waals surface area contributed by atoms with Crippen LogP contribution in [0.4, 0.5) is 0 Å². The summed E-state index contributed by atoms with van der Waals surface area (Å²) < 4.78 is 1.92. The van der Waals surface area contributed by atoms with E-state index in [9.17, 15) is 4.79 Å². The van der Waals surface area contributed by atoms with E-state index >= 15 is 0 Å². The minimum atomic E-state index is -0.297. The first-order valence-electron chi connectivity index (χ1n) is 7.64. The molecule has 0 radical (unpaired) electrons. The normalized spacial score (nSPS) is 12.3. The number of amides is 1. The number of aryl methyl sites for hydroxylation is 1. The fourth-order valence-electron chi connectivity index (χ4n) is 2.74. The minimum absolute atomic E-state index is 0.0596. The Labute approximate surface area is 135 Å². The molecule has 3 aromatic rings. The monoisotopic (exact) mass is 308 g/mol. The third-order valence-corrected chi connectivity index (χ3v) is 4.18. The molecule has 5 nitrogen and oxygen atoms in total. The summed E-state index contributed by atoms with van der Waals surface area (Å²) in [4.78, 5) is 23.0. The number of pyridine rings is 1. The summed E-state index contributed by atoms with van der Waals surface area (Å²) >= 11 is 0. The first-order valence-corrected chi connectivity index (χ1v) is 7.64. The number of hydrogen-bond donors (Lipinski definition) is 0. The summed E-state index contributed by atoms with van der Waals surface area (Å²) in [5.74, 6) is 0.0596. The van der Waals surface area contributed by atoms with Crippen LogP contribution in [0.3, 0.4) is 0 Å². The number of para-hydroxylation sites is 2. The molecule has 0 aliphatic heterocycles. The molecule has 0 saturated carbocycles. The van der Waals surface area contributed by atoms with Gasteiger partial charge in [-0.25, -0.2) is 4.98 Å². The highest BCUT2D eigenvalue weighted by atomic mass is 16.2. The third-order valence-electron chi connectivity index (χ3n) is 4.18. The molecular weight excluding hydrogens is 288 g/mol. The van der Waals surface area contributed by atoms with Crippen LogP contribution in [0, 0.1) is 6.92 Å². The van der Waals surface area contributed by atoms with Gasteiger partial charge in [0.1, 0.15) is 6.04 Å². The van der Waals surface area contributed by atoms with Crippen molar-refractivity contribution >= 4 is 16.9 Å². The zero-order chi connectivity index (χ0) is 16.4. The fraction of sp³-hybridized carbons (Fsp3) is 0.278. The van der Waals surface area contributed by atoms with Crippen LogP contribution >= 0.6 is 0 Å². The number of nitrogens with zero attached hydrogens (tertiary/aromatic N) is 4. The fourth-order valence-corrected chi connectivity index (χ4v) is 2.74. The average molecular weight is 308 g/mol. The number of imidazole rings is 1. The highest BCUT2D eigenvalue weighted by Crippen LogP contribution is 2.19. The standard InChI is InChI=1S/C18H20N4O/c1-13-10-19-9-8-15(13)11-21(3)18(23)14(2)22-12-20-16-6-4-5-7-17(16)22/h4-10,12,14H,11H2,1-3H3/t14-/m1/s1. The predicted molar refractivity (Wildman–Crippen MR) is 89.9 cm³/mol. The van der Waals surface area contributed by atoms with Crippen LogP contribution in [-0.2, 0) is 11.3 Å². The van der Waals surface area contributed by atoms with Gasteiger partial charge >= 0.3 is 0 Å². The molecule has 3 rings (SSSR count). The maximum atomic E-state index is 12.8. The number of benzene rings is 1. The number of fused-ring (bicyclic) bond motifs is 1. The van der Waals surface area contributed by atoms with Gasteiger partial charge in [0.25, 0.3) is 0 Å². The molecule has 1 atom stereocenters. The van der Waals surface area contributed by atoms with Gasteiger partial charge in [-0.3, -0.25) is 9.78 Å². The lowest BCUT2D eigenvalue weighted by atomic mass is 10.1. The van der Waals surface area contributed by atoms with E-state index in [2.05, 4.69) is 9.97 Å². The Morgan fingerprint density at radius 3 is 2.87 bits per heavy atom. The molecule has 0 spiro atoms. The Morgan fingerprint density at radius 1 is 1.30 bits per heavy atom. The number of hydrogen-bond acceptors (Lipinski definition) is 3. The van der Waals surface area contributed by atoms with Crippen molar-refractivity contribution in [3.63, 3.8) is 0 Å². The predicted octanol–water partition coefficient (Wildman–Crippen LogP) is 2.96. The summed E-state index contributed by atoms with van der Waals surface area (Å²) in [5.41, 5.74) is 4.08. The molecule has 5 heteroatoms. The molecule has 0 unspecified atom stereocenters. The first-order chi connectivity index (χ1) is 11.1. The molecule has 0 saturated heterocycles. The van der Waals surface area contributed by atoms with Gasteiger partial charge in [0.05, 0.1) is 17.4 Å². The van der Waals surface area contributed by atoms with Crippen LogP contribution in [-0.4, -0.2) is 32.4 Å². The van der Waals surface area contributed by atoms with Crippen molar-refractivity contribution in [3.05, 3.63) is 60.2 Å². The minimum Gasteiger partial charge on any atom is -0.340 e. The second kappa shape index (κ2) is 6.20. The number of rotatable bonds is 4. The lowest BCUT2D eigenvalue weighted by molar-refractivity contribution is -0.133. The summed E-state index contributed by atoms with van der Waals surface area (Å²) in [6.45, 7) is 4.49. The van der Waals surface area contributed by atoms with E-state index in [0.717, 1.165) is 22.2 Å². The maximum absolute atomic E-state index is 12.8. The molecular formula is C18H20N4O. The lowest BCUT2D eigenvalue weighted by Crippen LogP contribution is -2.32. The Bertz CT molecular complexity index is 840. The highest BCUT2D eigenvalue weighted by molar-refractivity contribution is 5.83. The van der Waals surface area contributed by atoms with Crippen molar-refractivity contribution in [2.24, 2.45) is 0 Å². The van der Waals surface area contributed by atoms with E-state index in [1.54, 1.807) is 17.4 Å². The summed E-state index contributed by atoms with van der Waals surface area (Å²) in [6.07, 6.45) is 5.31. The van der Waals surface area contributed by atoms with Gasteiger partial charge in [-0.05, 0) is 43.2 Å². The van der Waals surface area contributed by atoms with Crippen molar-refractivity contribution in [1.82, 2.24) is 19.4 Å². The van der Waals surface area contributed by atoms with Crippen molar-refractivity contribution in [3.8, 4) is 0 Å². The Morgan fingerprint density at radius 2 is 2.09 bits per heavy atom. The van der Waals surface area contributed by atoms with Crippen LogP contribution in [0.25, 0.3) is 11.0 Å². The zero-order valence-corrected chi connectivity index (χ0v) is 13.6. The van der Waals surface area contributed by atoms with Gasteiger partial charge in [0, 0.05) is 26.0 Å². The van der Waals surface area contributed by atoms with Crippen molar-refractivity contribution in [1.29, 1.82) is 0 Å². The third kappa shape index (κ3) is 2.95. The Hall–Kier alpha value is -2.69. The molecule has 0 fully saturated rings. The van der Waals surface area contributed by atoms with Crippen LogP contribution in [0.15, 0.2) is 49.1 Å². The molecule has 1 amide bonds. The average Bonchev–Trinajstić information content (AvgIpc) is 2.99. The largest absolute Gasteiger partial charge is 0.340 e. The number of carbonyl (C=O) groups excluding carboxylic acids is 1. The van der Waals surface area contributed by atoms with Crippen LogP contribution < -0.4 is 0 Å². The van der Waals surface area contributed by atoms with E-state index in [1.165, 1.54) is 0 Å². The van der Waals surface area contributed by atoms with E-state index < -0.39 is 0 Å². The molecule has 0 aliphatic carbocycles. The van der Waals surface area contributed by atoms with E-state index in [0.29, 0.717) is 6.54 Å². The van der Waals surface area contributed by atoms with E-state index in [4.69, 9.17) is 0 Å². The molecule has 0 aliphatic rings. The molecule has 1 aromatic carbocycles. The van der Waals surface area contributed by atoms with Gasteiger partial charge in [0.15, 0.2) is 0 Å². The van der Waals surface area contributed by atoms with Gasteiger partial charge in [-0.15, -0.1) is 0 Å².